The van der Waals surface area contributed by atoms with Gasteiger partial charge in [0.05, 0.1) is 5.02 Å². The number of carbonyl (C=O) groups is 1. The number of carboxylic acids is 1. The van der Waals surface area contributed by atoms with Crippen LogP contribution in [0.2, 0.25) is 5.02 Å². The summed E-state index contributed by atoms with van der Waals surface area (Å²) in [7, 11) is 0. The van der Waals surface area contributed by atoms with Crippen LogP contribution < -0.4 is 10.1 Å². The van der Waals surface area contributed by atoms with Gasteiger partial charge < -0.3 is 15.2 Å². The van der Waals surface area contributed by atoms with Crippen molar-refractivity contribution in [1.82, 2.24) is 0 Å². The Morgan fingerprint density at radius 2 is 1.71 bits per heavy atom. The van der Waals surface area contributed by atoms with Crippen LogP contribution in [0.25, 0.3) is 0 Å². The largest absolute Gasteiger partial charge is 0.488 e. The topological polar surface area (TPSA) is 58.6 Å². The van der Waals surface area contributed by atoms with Crippen molar-refractivity contribution in [2.24, 2.45) is 10.8 Å². The molecule has 4 nitrogen and oxygen atoms in total. The van der Waals surface area contributed by atoms with E-state index in [1.165, 1.54) is 0 Å². The lowest BCUT2D eigenvalue weighted by atomic mass is 9.58. The standard InChI is InChI=1S/C21H28ClF2NO3/c1-18(2)10-19(3,4)12-20(11-18,17(26)27)25-13-5-6-16(15(22)7-13)28-14-8-21(23,24)9-14/h5-7,14,25H,8-12H2,1-4H3,(H,26,27). The Kier molecular flexibility index (Phi) is 5.10. The summed E-state index contributed by atoms with van der Waals surface area (Å²) in [5.74, 6) is -3.21. The molecule has 28 heavy (non-hydrogen) atoms. The van der Waals surface area contributed by atoms with Gasteiger partial charge in [-0.05, 0) is 48.3 Å². The van der Waals surface area contributed by atoms with Crippen LogP contribution in [-0.2, 0) is 4.79 Å². The fraction of sp³-hybridized carbons (Fsp3) is 0.667. The highest BCUT2D eigenvalue weighted by Crippen LogP contribution is 2.51. The van der Waals surface area contributed by atoms with Gasteiger partial charge >= 0.3 is 5.97 Å². The summed E-state index contributed by atoms with van der Waals surface area (Å²) in [6.45, 7) is 8.36. The second-order valence-electron chi connectivity index (χ2n) is 10.0. The molecule has 1 aromatic carbocycles. The third kappa shape index (κ3) is 4.53. The molecule has 2 fully saturated rings. The molecule has 0 atom stereocenters. The van der Waals surface area contributed by atoms with E-state index < -0.39 is 23.5 Å². The molecule has 3 rings (SSSR count). The van der Waals surface area contributed by atoms with Gasteiger partial charge in [0.1, 0.15) is 17.4 Å². The van der Waals surface area contributed by atoms with Gasteiger partial charge in [-0.1, -0.05) is 39.3 Å². The van der Waals surface area contributed by atoms with Crippen molar-refractivity contribution in [3.8, 4) is 5.75 Å². The molecule has 0 bridgehead atoms. The average Bonchev–Trinajstić information content (AvgIpc) is 2.44. The number of rotatable bonds is 5. The second-order valence-corrected chi connectivity index (χ2v) is 10.4. The highest BCUT2D eigenvalue weighted by atomic mass is 35.5. The molecule has 1 aromatic rings. The second kappa shape index (κ2) is 6.75. The smallest absolute Gasteiger partial charge is 0.329 e. The molecule has 7 heteroatoms. The van der Waals surface area contributed by atoms with Crippen molar-refractivity contribution in [3.63, 3.8) is 0 Å². The van der Waals surface area contributed by atoms with Gasteiger partial charge in [-0.3, -0.25) is 0 Å². The van der Waals surface area contributed by atoms with E-state index >= 15 is 0 Å². The molecule has 0 aromatic heterocycles. The monoisotopic (exact) mass is 415 g/mol. The highest BCUT2D eigenvalue weighted by molar-refractivity contribution is 6.32. The number of nitrogens with one attached hydrogen (secondary N) is 1. The predicted octanol–water partition coefficient (Wildman–Crippen LogP) is 5.99. The van der Waals surface area contributed by atoms with Crippen molar-refractivity contribution in [3.05, 3.63) is 23.2 Å². The van der Waals surface area contributed by atoms with Crippen molar-refractivity contribution < 1.29 is 23.4 Å². The summed E-state index contributed by atoms with van der Waals surface area (Å²) in [5.41, 5.74) is -0.787. The van der Waals surface area contributed by atoms with Crippen molar-refractivity contribution in [2.75, 3.05) is 5.32 Å². The zero-order valence-corrected chi connectivity index (χ0v) is 17.5. The summed E-state index contributed by atoms with van der Waals surface area (Å²) in [4.78, 5) is 12.3. The number of ether oxygens (including phenoxy) is 1. The van der Waals surface area contributed by atoms with Crippen LogP contribution >= 0.6 is 11.6 Å². The summed E-state index contributed by atoms with van der Waals surface area (Å²) in [5, 5.41) is 13.5. The van der Waals surface area contributed by atoms with E-state index in [-0.39, 0.29) is 28.7 Å². The molecule has 0 heterocycles. The number of alkyl halides is 2. The first-order valence-corrected chi connectivity index (χ1v) is 9.95. The Morgan fingerprint density at radius 3 is 2.18 bits per heavy atom. The molecule has 2 aliphatic carbocycles. The molecule has 0 aliphatic heterocycles. The molecule has 2 aliphatic rings. The first-order valence-electron chi connectivity index (χ1n) is 9.57. The van der Waals surface area contributed by atoms with E-state index in [9.17, 15) is 18.7 Å². The van der Waals surface area contributed by atoms with Crippen LogP contribution in [0.4, 0.5) is 14.5 Å². The van der Waals surface area contributed by atoms with Crippen LogP contribution in [-0.4, -0.2) is 28.6 Å². The molecule has 0 spiro atoms. The van der Waals surface area contributed by atoms with Gasteiger partial charge in [0.25, 0.3) is 5.92 Å². The van der Waals surface area contributed by atoms with Gasteiger partial charge in [-0.25, -0.2) is 13.6 Å². The molecular formula is C21H28ClF2NO3. The van der Waals surface area contributed by atoms with Gasteiger partial charge in [-0.2, -0.15) is 0 Å². The zero-order chi connectivity index (χ0) is 21.0. The highest BCUT2D eigenvalue weighted by Gasteiger charge is 2.52. The number of halogens is 3. The lowest BCUT2D eigenvalue weighted by Crippen LogP contribution is -2.56. The van der Waals surface area contributed by atoms with Crippen LogP contribution in [0.3, 0.4) is 0 Å². The van der Waals surface area contributed by atoms with E-state index in [4.69, 9.17) is 16.3 Å². The number of hydrogen-bond donors (Lipinski definition) is 2. The number of hydrogen-bond acceptors (Lipinski definition) is 3. The van der Waals surface area contributed by atoms with E-state index in [1.807, 2.05) is 0 Å². The van der Waals surface area contributed by atoms with Gasteiger partial charge in [0.2, 0.25) is 0 Å². The van der Waals surface area contributed by atoms with Gasteiger partial charge in [-0.15, -0.1) is 0 Å². The lowest BCUT2D eigenvalue weighted by molar-refractivity contribution is -0.147. The molecule has 0 unspecified atom stereocenters. The van der Waals surface area contributed by atoms with E-state index in [0.29, 0.717) is 24.3 Å². The molecule has 0 radical (unpaired) electrons. The lowest BCUT2D eigenvalue weighted by Gasteiger charge is -2.50. The third-order valence-electron chi connectivity index (χ3n) is 5.59. The number of aliphatic carboxylic acids is 1. The Balaban J connectivity index is 1.79. The average molecular weight is 416 g/mol. The molecule has 2 N–H and O–H groups in total. The normalized spacial score (nSPS) is 24.8. The first kappa shape index (κ1) is 21.2. The maximum absolute atomic E-state index is 13.0. The minimum Gasteiger partial charge on any atom is -0.488 e. The van der Waals surface area contributed by atoms with Crippen molar-refractivity contribution >= 4 is 23.3 Å². The number of anilines is 1. The SMILES string of the molecule is CC1(C)CC(C)(C)CC(Nc2ccc(OC3CC(F)(F)C3)c(Cl)c2)(C(=O)O)C1. The molecule has 156 valence electrons. The van der Waals surface area contributed by atoms with Crippen molar-refractivity contribution in [1.29, 1.82) is 0 Å². The molecule has 0 saturated heterocycles. The maximum Gasteiger partial charge on any atom is 0.329 e. The van der Waals surface area contributed by atoms with Gasteiger partial charge in [0, 0.05) is 18.5 Å². The Hall–Kier alpha value is -1.56. The number of carboxylic acid groups (broad SMARTS) is 1. The predicted molar refractivity (Wildman–Crippen MR) is 105 cm³/mol. The Bertz CT molecular complexity index is 755. The van der Waals surface area contributed by atoms with Crippen LogP contribution in [0.15, 0.2) is 18.2 Å². The van der Waals surface area contributed by atoms with Crippen LogP contribution in [0, 0.1) is 10.8 Å². The summed E-state index contributed by atoms with van der Waals surface area (Å²) >= 11 is 6.28. The zero-order valence-electron chi connectivity index (χ0n) is 16.7. The molecule has 0 amide bonds. The quantitative estimate of drug-likeness (QED) is 0.620. The van der Waals surface area contributed by atoms with E-state index in [2.05, 4.69) is 33.0 Å². The summed E-state index contributed by atoms with van der Waals surface area (Å²) < 4.78 is 31.5. The minimum absolute atomic E-state index is 0.130. The molecular weight excluding hydrogens is 388 g/mol. The van der Waals surface area contributed by atoms with Crippen molar-refractivity contribution in [2.45, 2.75) is 77.4 Å². The molecule has 2 saturated carbocycles. The van der Waals surface area contributed by atoms with E-state index in [1.54, 1.807) is 18.2 Å². The third-order valence-corrected chi connectivity index (χ3v) is 5.88. The fourth-order valence-electron chi connectivity index (χ4n) is 5.23. The number of benzene rings is 1. The minimum atomic E-state index is -2.66. The van der Waals surface area contributed by atoms with Crippen LogP contribution in [0.5, 0.6) is 5.75 Å². The Morgan fingerprint density at radius 1 is 1.14 bits per heavy atom. The Labute approximate surface area is 169 Å². The van der Waals surface area contributed by atoms with E-state index in [0.717, 1.165) is 6.42 Å². The van der Waals surface area contributed by atoms with Crippen LogP contribution in [0.1, 0.15) is 59.8 Å². The first-order chi connectivity index (χ1) is 12.7. The maximum atomic E-state index is 13.0. The summed E-state index contributed by atoms with van der Waals surface area (Å²) in [6.07, 6.45) is 0.760. The fourth-order valence-corrected chi connectivity index (χ4v) is 5.45. The summed E-state index contributed by atoms with van der Waals surface area (Å²) in [6, 6.07) is 4.90. The van der Waals surface area contributed by atoms with Gasteiger partial charge in [0.15, 0.2) is 0 Å².